The summed E-state index contributed by atoms with van der Waals surface area (Å²) in [6.07, 6.45) is 7.27. The number of carbonyl (C=O) groups is 1. The predicted octanol–water partition coefficient (Wildman–Crippen LogP) is 13.3. The fraction of sp³-hybridized carbons (Fsp3) is 0.455. The van der Waals surface area contributed by atoms with Gasteiger partial charge >= 0.3 is 0 Å². The molecule has 1 radical (unpaired) electrons. The van der Waals surface area contributed by atoms with E-state index in [-0.39, 0.29) is 60.1 Å². The molecule has 2 aromatic heterocycles. The number of aryl methyl sites for hydroxylation is 1. The molecule has 5 aromatic rings. The molecule has 271 valence electrons. The zero-order chi connectivity index (χ0) is 36.3. The molecule has 5 rings (SSSR count). The van der Waals surface area contributed by atoms with Crippen LogP contribution in [0.25, 0.3) is 42.2 Å². The van der Waals surface area contributed by atoms with E-state index >= 15 is 4.39 Å². The van der Waals surface area contributed by atoms with Gasteiger partial charge in [-0.3, -0.25) is 9.78 Å². The van der Waals surface area contributed by atoms with E-state index in [2.05, 4.69) is 95.9 Å². The van der Waals surface area contributed by atoms with Crippen LogP contribution in [-0.2, 0) is 36.7 Å². The van der Waals surface area contributed by atoms with Crippen LogP contribution in [0.4, 0.5) is 4.39 Å². The summed E-state index contributed by atoms with van der Waals surface area (Å²) in [7, 11) is 0. The Kier molecular flexibility index (Phi) is 14.2. The van der Waals surface area contributed by atoms with Gasteiger partial charge in [0.05, 0.1) is 12.0 Å². The van der Waals surface area contributed by atoms with Crippen molar-refractivity contribution in [2.45, 2.75) is 114 Å². The fourth-order valence-electron chi connectivity index (χ4n) is 6.70. The Morgan fingerprint density at radius 2 is 1.54 bits per heavy atom. The normalized spacial score (nSPS) is 12.5. The first-order chi connectivity index (χ1) is 23.0. The molecule has 0 saturated carbocycles. The van der Waals surface area contributed by atoms with Crippen molar-refractivity contribution < 1.29 is 34.4 Å². The number of aromatic nitrogens is 1. The number of carbonyl (C=O) groups excluding carboxylic acids is 1. The number of benzene rings is 3. The molecule has 50 heavy (non-hydrogen) atoms. The minimum atomic E-state index is -0.259. The second-order valence-electron chi connectivity index (χ2n) is 15.6. The molecule has 0 aliphatic rings. The van der Waals surface area contributed by atoms with Gasteiger partial charge in [0.1, 0.15) is 5.82 Å². The van der Waals surface area contributed by atoms with E-state index in [1.54, 1.807) is 11.3 Å². The van der Waals surface area contributed by atoms with Crippen LogP contribution in [0.5, 0.6) is 0 Å². The number of ketones is 1. The number of hydrogen-bond acceptors (Lipinski definition) is 4. The summed E-state index contributed by atoms with van der Waals surface area (Å²) in [5.41, 5.74) is 5.71. The first-order valence-electron chi connectivity index (χ1n) is 17.9. The Bertz CT molecular complexity index is 1970. The molecule has 0 aliphatic carbocycles. The Balaban J connectivity index is 0.000000361. The van der Waals surface area contributed by atoms with Crippen LogP contribution < -0.4 is 0 Å². The van der Waals surface area contributed by atoms with Gasteiger partial charge in [-0.1, -0.05) is 111 Å². The van der Waals surface area contributed by atoms with Gasteiger partial charge in [0, 0.05) is 63.9 Å². The molecule has 3 aromatic carbocycles. The van der Waals surface area contributed by atoms with Crippen molar-refractivity contribution in [3.8, 4) is 11.3 Å². The number of nitrogens with zero attached hydrogens (tertiary/aromatic N) is 1. The van der Waals surface area contributed by atoms with E-state index in [4.69, 9.17) is 0 Å². The molecule has 6 heteroatoms. The van der Waals surface area contributed by atoms with Crippen LogP contribution in [0.3, 0.4) is 0 Å². The monoisotopic (exact) mass is 873 g/mol. The smallest absolute Gasteiger partial charge is 0.162 e. The first-order valence-corrected chi connectivity index (χ1v) is 18.8. The molecule has 1 N–H and O–H groups in total. The predicted molar refractivity (Wildman–Crippen MR) is 209 cm³/mol. The van der Waals surface area contributed by atoms with Gasteiger partial charge in [-0.05, 0) is 61.0 Å². The van der Waals surface area contributed by atoms with Crippen LogP contribution in [0.1, 0.15) is 112 Å². The van der Waals surface area contributed by atoms with Crippen LogP contribution in [0.15, 0.2) is 60.5 Å². The maximum absolute atomic E-state index is 15.2. The summed E-state index contributed by atoms with van der Waals surface area (Å²) >= 11 is 1.66. The van der Waals surface area contributed by atoms with Gasteiger partial charge in [-0.2, -0.15) is 0 Å². The summed E-state index contributed by atoms with van der Waals surface area (Å²) in [5.74, 6) is 0.288. The zero-order valence-corrected chi connectivity index (χ0v) is 35.0. The van der Waals surface area contributed by atoms with Gasteiger partial charge in [-0.15, -0.1) is 40.5 Å². The Labute approximate surface area is 317 Å². The Morgan fingerprint density at radius 3 is 2.12 bits per heavy atom. The van der Waals surface area contributed by atoms with Crippen molar-refractivity contribution in [2.24, 2.45) is 17.3 Å². The van der Waals surface area contributed by atoms with Crippen molar-refractivity contribution >= 4 is 48.1 Å². The molecular weight excluding hydrogens is 818 g/mol. The number of aliphatic hydroxyl groups excluding tert-OH is 1. The molecule has 3 nitrogen and oxygen atoms in total. The number of pyridine rings is 1. The van der Waals surface area contributed by atoms with E-state index < -0.39 is 0 Å². The molecule has 0 bridgehead atoms. The van der Waals surface area contributed by atoms with Crippen molar-refractivity contribution in [1.82, 2.24) is 4.98 Å². The molecule has 2 heterocycles. The maximum Gasteiger partial charge on any atom is 0.162 e. The number of aliphatic hydroxyl groups is 1. The van der Waals surface area contributed by atoms with Gasteiger partial charge in [0.25, 0.3) is 0 Å². The van der Waals surface area contributed by atoms with Gasteiger partial charge < -0.3 is 5.11 Å². The van der Waals surface area contributed by atoms with Gasteiger partial charge in [-0.25, -0.2) is 4.39 Å². The quantitative estimate of drug-likeness (QED) is 0.0912. The Morgan fingerprint density at radius 1 is 0.920 bits per heavy atom. The van der Waals surface area contributed by atoms with E-state index in [9.17, 15) is 9.90 Å². The second-order valence-corrected chi connectivity index (χ2v) is 16.6. The van der Waals surface area contributed by atoms with Crippen molar-refractivity contribution in [2.75, 3.05) is 0 Å². The van der Waals surface area contributed by atoms with Crippen LogP contribution in [0, 0.1) is 36.1 Å². The van der Waals surface area contributed by atoms with E-state index in [1.165, 1.54) is 34.3 Å². The summed E-state index contributed by atoms with van der Waals surface area (Å²) in [5, 5.41) is 13.7. The van der Waals surface area contributed by atoms with E-state index in [0.29, 0.717) is 5.39 Å². The molecule has 0 fully saturated rings. The van der Waals surface area contributed by atoms with Crippen LogP contribution in [-0.4, -0.2) is 15.9 Å². The maximum atomic E-state index is 15.2. The average Bonchev–Trinajstić information content (AvgIpc) is 3.44. The molecule has 0 atom stereocenters. The van der Waals surface area contributed by atoms with Crippen molar-refractivity contribution in [1.29, 1.82) is 0 Å². The summed E-state index contributed by atoms with van der Waals surface area (Å²) in [6.45, 7) is 23.7. The van der Waals surface area contributed by atoms with Gasteiger partial charge in [0.15, 0.2) is 5.78 Å². The third-order valence-corrected chi connectivity index (χ3v) is 11.0. The topological polar surface area (TPSA) is 50.2 Å². The minimum absolute atomic E-state index is 0. The number of rotatable bonds is 9. The SMILES string of the molecule is CCC(CC)C(=O)/C=C(\O)C(CC)CC.Cc1c(CC(C)(C)C)ccc2c1sc1c(-c3[c-]c4ccccc4c(C(C)(C)C)c3)ncc(F)c12.[Ir]. The average molecular weight is 873 g/mol. The largest absolute Gasteiger partial charge is 0.512 e. The van der Waals surface area contributed by atoms with E-state index in [0.717, 1.165) is 63.5 Å². The van der Waals surface area contributed by atoms with Crippen LogP contribution >= 0.6 is 11.3 Å². The molecule has 0 amide bonds. The number of fused-ring (bicyclic) bond motifs is 4. The molecule has 0 aliphatic heterocycles. The number of thiophene rings is 1. The van der Waals surface area contributed by atoms with E-state index in [1.807, 2.05) is 33.8 Å². The molecule has 0 unspecified atom stereocenters. The number of halogens is 1. The molecule has 0 saturated heterocycles. The number of allylic oxidation sites excluding steroid dienone is 2. The second kappa shape index (κ2) is 17.1. The Hall–Kier alpha value is -2.92. The summed E-state index contributed by atoms with van der Waals surface area (Å²) in [6, 6.07) is 18.4. The fourth-order valence-corrected chi connectivity index (χ4v) is 8.03. The van der Waals surface area contributed by atoms with Crippen molar-refractivity contribution in [3.63, 3.8) is 0 Å². The minimum Gasteiger partial charge on any atom is -0.512 e. The zero-order valence-electron chi connectivity index (χ0n) is 31.8. The first kappa shape index (κ1) is 41.5. The van der Waals surface area contributed by atoms with Crippen molar-refractivity contribution in [3.05, 3.63) is 89.1 Å². The summed E-state index contributed by atoms with van der Waals surface area (Å²) in [4.78, 5) is 16.3. The van der Waals surface area contributed by atoms with Gasteiger partial charge in [0.2, 0.25) is 0 Å². The standard InChI is InChI=1S/C31H31FNS.C13H24O2.Ir/c1-18-20(16-30(2,3)4)12-13-23-26-25(32)17-33-27(29(26)34-28(18)23)21-14-19-10-8-9-11-22(19)24(15-21)31(5,6)7;1-5-10(6-2)12(14)9-13(15)11(7-3)8-4;/h8-13,15,17H,16H2,1-7H3;9-11,14H,5-8H2,1-4H3;/q-1;;/b;12-9-;. The third-order valence-electron chi connectivity index (χ3n) is 9.62. The molecule has 0 spiro atoms. The number of hydrogen-bond donors (Lipinski definition) is 1. The third kappa shape index (κ3) is 9.29. The summed E-state index contributed by atoms with van der Waals surface area (Å²) < 4.78 is 17.3. The molecular formula is C44H55FIrNO2S-. The van der Waals surface area contributed by atoms with Crippen LogP contribution in [0.2, 0.25) is 0 Å².